The van der Waals surface area contributed by atoms with E-state index in [0.717, 1.165) is 59.5 Å². The number of nitrogens with zero attached hydrogens (tertiary/aromatic N) is 2. The first-order valence-corrected chi connectivity index (χ1v) is 9.72. The molecule has 0 unspecified atom stereocenters. The molecule has 5 heteroatoms. The van der Waals surface area contributed by atoms with Gasteiger partial charge in [-0.2, -0.15) is 5.10 Å². The zero-order valence-electron chi connectivity index (χ0n) is 15.6. The molecule has 1 aliphatic rings. The zero-order valence-corrected chi connectivity index (χ0v) is 15.6. The van der Waals surface area contributed by atoms with E-state index in [1.54, 1.807) is 12.1 Å². The number of piperazine rings is 1. The van der Waals surface area contributed by atoms with Gasteiger partial charge in [0.1, 0.15) is 5.75 Å². The lowest BCUT2D eigenvalue weighted by Crippen LogP contribution is -2.89. The van der Waals surface area contributed by atoms with Crippen LogP contribution in [-0.2, 0) is 0 Å². The molecule has 0 atom stereocenters. The number of nitrogens with one attached hydrogen (secondary N) is 1. The molecule has 0 amide bonds. The van der Waals surface area contributed by atoms with Gasteiger partial charge in [-0.15, -0.1) is 0 Å². The van der Waals surface area contributed by atoms with Crippen LogP contribution in [0, 0.1) is 0 Å². The van der Waals surface area contributed by atoms with Gasteiger partial charge >= 0.3 is 0 Å². The predicted octanol–water partition coefficient (Wildman–Crippen LogP) is 2.99. The molecule has 0 aliphatic carbocycles. The molecule has 0 radical (unpaired) electrons. The number of aromatic nitrogens is 2. The molecule has 4 N–H and O–H groups in total. The smallest absolute Gasteiger partial charge is 0.115 e. The first-order chi connectivity index (χ1) is 13.8. The lowest BCUT2D eigenvalue weighted by Gasteiger charge is -2.27. The number of H-pyrrole nitrogens is 1. The average molecular weight is 371 g/mol. The summed E-state index contributed by atoms with van der Waals surface area (Å²) in [6, 6.07) is 22.3. The summed E-state index contributed by atoms with van der Waals surface area (Å²) in [7, 11) is 0. The summed E-state index contributed by atoms with van der Waals surface area (Å²) in [5, 5.41) is 20.7. The Kier molecular flexibility index (Phi) is 4.22. The molecule has 0 saturated carbocycles. The SMILES string of the molecule is Oc1ccc(-c2ccc3c(-c4ccc(N5CC[NH2+]CC5)cc4)n[nH]c3c2)cc1. The fraction of sp³-hybridized carbons (Fsp3) is 0.174. The second-order valence-corrected chi connectivity index (χ2v) is 7.28. The van der Waals surface area contributed by atoms with Crippen molar-refractivity contribution in [3.63, 3.8) is 0 Å². The lowest BCUT2D eigenvalue weighted by molar-refractivity contribution is -0.655. The minimum absolute atomic E-state index is 0.278. The Bertz CT molecular complexity index is 1090. The van der Waals surface area contributed by atoms with Crippen LogP contribution in [0.25, 0.3) is 33.3 Å². The van der Waals surface area contributed by atoms with Crippen LogP contribution in [0.5, 0.6) is 5.75 Å². The maximum absolute atomic E-state index is 9.49. The van der Waals surface area contributed by atoms with Crippen LogP contribution in [-0.4, -0.2) is 41.5 Å². The van der Waals surface area contributed by atoms with Gasteiger partial charge in [0, 0.05) is 16.6 Å². The molecule has 1 aliphatic heterocycles. The minimum Gasteiger partial charge on any atom is -0.508 e. The summed E-state index contributed by atoms with van der Waals surface area (Å²) in [4.78, 5) is 2.44. The van der Waals surface area contributed by atoms with Crippen LogP contribution in [0.15, 0.2) is 66.7 Å². The minimum atomic E-state index is 0.278. The van der Waals surface area contributed by atoms with Crippen molar-refractivity contribution in [2.45, 2.75) is 0 Å². The topological polar surface area (TPSA) is 68.8 Å². The molecular weight excluding hydrogens is 348 g/mol. The van der Waals surface area contributed by atoms with Gasteiger partial charge in [-0.25, -0.2) is 0 Å². The van der Waals surface area contributed by atoms with Crippen LogP contribution >= 0.6 is 0 Å². The van der Waals surface area contributed by atoms with E-state index < -0.39 is 0 Å². The number of aromatic hydroxyl groups is 1. The van der Waals surface area contributed by atoms with E-state index in [1.807, 2.05) is 12.1 Å². The van der Waals surface area contributed by atoms with Crippen LogP contribution in [0.2, 0.25) is 0 Å². The third-order valence-electron chi connectivity index (χ3n) is 5.48. The standard InChI is InChI=1S/C23H22N4O/c28-20-8-3-16(4-9-20)18-5-10-21-22(15-18)25-26-23(21)17-1-6-19(7-2-17)27-13-11-24-12-14-27/h1-10,15,24,28H,11-14H2,(H,25,26)/p+1. The Labute approximate surface area is 163 Å². The monoisotopic (exact) mass is 371 g/mol. The van der Waals surface area contributed by atoms with Gasteiger partial charge < -0.3 is 15.3 Å². The third-order valence-corrected chi connectivity index (χ3v) is 5.48. The first kappa shape index (κ1) is 16.8. The molecule has 5 rings (SSSR count). The van der Waals surface area contributed by atoms with Crippen molar-refractivity contribution in [1.29, 1.82) is 0 Å². The molecule has 0 bridgehead atoms. The van der Waals surface area contributed by atoms with Crippen LogP contribution in [0.4, 0.5) is 5.69 Å². The van der Waals surface area contributed by atoms with E-state index in [2.05, 4.69) is 62.9 Å². The lowest BCUT2D eigenvalue weighted by atomic mass is 10.0. The summed E-state index contributed by atoms with van der Waals surface area (Å²) < 4.78 is 0. The zero-order chi connectivity index (χ0) is 18.9. The number of benzene rings is 3. The van der Waals surface area contributed by atoms with Crippen LogP contribution in [0.1, 0.15) is 0 Å². The van der Waals surface area contributed by atoms with Gasteiger partial charge in [-0.05, 0) is 47.5 Å². The Hall–Kier alpha value is -3.31. The molecule has 1 saturated heterocycles. The molecule has 1 aromatic heterocycles. The first-order valence-electron chi connectivity index (χ1n) is 9.72. The Balaban J connectivity index is 1.45. The third kappa shape index (κ3) is 3.10. The number of hydrogen-bond acceptors (Lipinski definition) is 3. The predicted molar refractivity (Wildman–Crippen MR) is 113 cm³/mol. The fourth-order valence-corrected chi connectivity index (χ4v) is 3.91. The van der Waals surface area contributed by atoms with E-state index in [1.165, 1.54) is 5.69 Å². The van der Waals surface area contributed by atoms with Crippen LogP contribution < -0.4 is 10.2 Å². The molecule has 4 aromatic rings. The normalized spacial score (nSPS) is 14.5. The Morgan fingerprint density at radius 3 is 2.25 bits per heavy atom. The number of hydrogen-bond donors (Lipinski definition) is 3. The summed E-state index contributed by atoms with van der Waals surface area (Å²) in [5.74, 6) is 0.278. The van der Waals surface area contributed by atoms with E-state index in [4.69, 9.17) is 0 Å². The van der Waals surface area contributed by atoms with E-state index in [9.17, 15) is 5.11 Å². The number of aromatic amines is 1. The van der Waals surface area contributed by atoms with Gasteiger partial charge in [0.05, 0.1) is 37.4 Å². The number of quaternary nitrogens is 1. The summed E-state index contributed by atoms with van der Waals surface area (Å²) in [5.41, 5.74) is 6.56. The molecule has 140 valence electrons. The second-order valence-electron chi connectivity index (χ2n) is 7.28. The van der Waals surface area contributed by atoms with Crippen molar-refractivity contribution in [1.82, 2.24) is 10.2 Å². The summed E-state index contributed by atoms with van der Waals surface area (Å²) in [6.07, 6.45) is 0. The van der Waals surface area contributed by atoms with Crippen molar-refractivity contribution < 1.29 is 10.4 Å². The molecule has 28 heavy (non-hydrogen) atoms. The van der Waals surface area contributed by atoms with Gasteiger partial charge in [0.2, 0.25) is 0 Å². The number of anilines is 1. The number of nitrogens with two attached hydrogens (primary N) is 1. The molecule has 1 fully saturated rings. The summed E-state index contributed by atoms with van der Waals surface area (Å²) >= 11 is 0. The maximum atomic E-state index is 9.49. The number of phenols is 1. The average Bonchev–Trinajstić information content (AvgIpc) is 3.18. The van der Waals surface area contributed by atoms with Crippen molar-refractivity contribution in [2.24, 2.45) is 0 Å². The highest BCUT2D eigenvalue weighted by Crippen LogP contribution is 2.31. The molecular formula is C23H23N4O+. The van der Waals surface area contributed by atoms with Gasteiger partial charge in [-0.3, -0.25) is 5.10 Å². The molecule has 2 heterocycles. The van der Waals surface area contributed by atoms with Gasteiger partial charge in [-0.1, -0.05) is 30.3 Å². The van der Waals surface area contributed by atoms with Gasteiger partial charge in [0.15, 0.2) is 0 Å². The Morgan fingerprint density at radius 1 is 0.821 bits per heavy atom. The Morgan fingerprint density at radius 2 is 1.50 bits per heavy atom. The maximum Gasteiger partial charge on any atom is 0.115 e. The molecule has 5 nitrogen and oxygen atoms in total. The van der Waals surface area contributed by atoms with E-state index in [-0.39, 0.29) is 5.75 Å². The molecule has 0 spiro atoms. The second kappa shape index (κ2) is 7.02. The highest BCUT2D eigenvalue weighted by atomic mass is 16.3. The number of fused-ring (bicyclic) bond motifs is 1. The van der Waals surface area contributed by atoms with Crippen LogP contribution in [0.3, 0.4) is 0 Å². The fourth-order valence-electron chi connectivity index (χ4n) is 3.91. The highest BCUT2D eigenvalue weighted by molar-refractivity contribution is 5.95. The van der Waals surface area contributed by atoms with Crippen molar-refractivity contribution in [2.75, 3.05) is 31.1 Å². The number of phenolic OH excluding ortho intramolecular Hbond substituents is 1. The van der Waals surface area contributed by atoms with Crippen molar-refractivity contribution >= 4 is 16.6 Å². The largest absolute Gasteiger partial charge is 0.508 e. The van der Waals surface area contributed by atoms with Gasteiger partial charge in [0.25, 0.3) is 0 Å². The van der Waals surface area contributed by atoms with Crippen molar-refractivity contribution in [3.8, 4) is 28.1 Å². The number of rotatable bonds is 3. The molecule has 3 aromatic carbocycles. The van der Waals surface area contributed by atoms with E-state index in [0.29, 0.717) is 0 Å². The van der Waals surface area contributed by atoms with E-state index >= 15 is 0 Å². The highest BCUT2D eigenvalue weighted by Gasteiger charge is 2.14. The quantitative estimate of drug-likeness (QED) is 0.519. The summed E-state index contributed by atoms with van der Waals surface area (Å²) in [6.45, 7) is 4.53. The van der Waals surface area contributed by atoms with Crippen molar-refractivity contribution in [3.05, 3.63) is 66.7 Å².